The first kappa shape index (κ1) is 12.3. The number of ether oxygens (including phenoxy) is 2. The number of carbonyl (C=O) groups is 1. The predicted octanol–water partition coefficient (Wildman–Crippen LogP) is 1.02. The van der Waals surface area contributed by atoms with Crippen molar-refractivity contribution in [2.45, 2.75) is 26.4 Å². The highest BCUT2D eigenvalue weighted by Gasteiger charge is 2.21. The second kappa shape index (κ2) is 5.99. The predicted molar refractivity (Wildman–Crippen MR) is 50.9 cm³/mol. The summed E-state index contributed by atoms with van der Waals surface area (Å²) in [5.74, 6) is 0. The molecule has 1 rings (SSSR count). The largest absolute Gasteiger partial charge is 0.569 e. The van der Waals surface area contributed by atoms with Crippen molar-refractivity contribution in [3.8, 4) is 0 Å². The van der Waals surface area contributed by atoms with Gasteiger partial charge in [0.25, 0.3) is 6.79 Å². The lowest BCUT2D eigenvalue weighted by Gasteiger charge is -2.24. The third kappa shape index (κ3) is 4.20. The molecule has 0 bridgehead atoms. The topological polar surface area (TPSA) is 86.4 Å². The zero-order chi connectivity index (χ0) is 12.0. The molecule has 0 amide bonds. The Morgan fingerprint density at radius 2 is 2.25 bits per heavy atom. The summed E-state index contributed by atoms with van der Waals surface area (Å²) in [5, 5.41) is 15.6. The van der Waals surface area contributed by atoms with Gasteiger partial charge >= 0.3 is 6.16 Å². The lowest BCUT2D eigenvalue weighted by molar-refractivity contribution is -0.723. The van der Waals surface area contributed by atoms with Crippen molar-refractivity contribution >= 4 is 6.16 Å². The fourth-order valence-corrected chi connectivity index (χ4v) is 0.896. The lowest BCUT2D eigenvalue weighted by Crippen LogP contribution is -2.42. The van der Waals surface area contributed by atoms with Crippen LogP contribution in [0.25, 0.3) is 0 Å². The SMILES string of the molecule is CC(C)OC(=O)OCON=[N+]([O-])N1CCC1. The van der Waals surface area contributed by atoms with E-state index in [1.165, 1.54) is 5.01 Å². The van der Waals surface area contributed by atoms with E-state index >= 15 is 0 Å². The first-order chi connectivity index (χ1) is 7.59. The first-order valence-corrected chi connectivity index (χ1v) is 4.98. The summed E-state index contributed by atoms with van der Waals surface area (Å²) in [6.07, 6.45) is -0.154. The smallest absolute Gasteiger partial charge is 0.511 e. The highest BCUT2D eigenvalue weighted by molar-refractivity contribution is 5.59. The Kier molecular flexibility index (Phi) is 4.62. The van der Waals surface area contributed by atoms with Gasteiger partial charge in [-0.2, -0.15) is 0 Å². The Labute approximate surface area is 92.9 Å². The lowest BCUT2D eigenvalue weighted by atomic mass is 10.3. The van der Waals surface area contributed by atoms with Gasteiger partial charge in [0.05, 0.1) is 24.2 Å². The molecule has 0 radical (unpaired) electrons. The monoisotopic (exact) mass is 233 g/mol. The summed E-state index contributed by atoms with van der Waals surface area (Å²) in [5.41, 5.74) is 0. The summed E-state index contributed by atoms with van der Waals surface area (Å²) < 4.78 is 9.13. The summed E-state index contributed by atoms with van der Waals surface area (Å²) >= 11 is 0. The van der Waals surface area contributed by atoms with Gasteiger partial charge in [0.15, 0.2) is 0 Å². The van der Waals surface area contributed by atoms with Crippen LogP contribution >= 0.6 is 0 Å². The maximum Gasteiger partial charge on any atom is 0.511 e. The molecule has 0 N–H and O–H groups in total. The highest BCUT2D eigenvalue weighted by atomic mass is 16.8. The Bertz CT molecular complexity index is 264. The molecule has 0 aromatic carbocycles. The highest BCUT2D eigenvalue weighted by Crippen LogP contribution is 2.05. The van der Waals surface area contributed by atoms with Crippen LogP contribution in [0.2, 0.25) is 0 Å². The van der Waals surface area contributed by atoms with Crippen LogP contribution in [0.5, 0.6) is 0 Å². The van der Waals surface area contributed by atoms with Crippen molar-refractivity contribution in [2.24, 2.45) is 5.28 Å². The molecule has 0 aromatic heterocycles. The third-order valence-electron chi connectivity index (χ3n) is 1.76. The Morgan fingerprint density at radius 1 is 1.56 bits per heavy atom. The van der Waals surface area contributed by atoms with Crippen LogP contribution in [0.3, 0.4) is 0 Å². The molecular weight excluding hydrogens is 218 g/mol. The van der Waals surface area contributed by atoms with Crippen LogP contribution in [0.4, 0.5) is 4.79 Å². The van der Waals surface area contributed by atoms with Crippen molar-refractivity contribution in [3.63, 3.8) is 0 Å². The quantitative estimate of drug-likeness (QED) is 0.176. The van der Waals surface area contributed by atoms with Gasteiger partial charge in [-0.1, -0.05) is 0 Å². The van der Waals surface area contributed by atoms with Crippen LogP contribution in [0.15, 0.2) is 5.28 Å². The van der Waals surface area contributed by atoms with E-state index in [9.17, 15) is 10.0 Å². The van der Waals surface area contributed by atoms with Crippen molar-refractivity contribution in [2.75, 3.05) is 19.9 Å². The number of hydrogen-bond donors (Lipinski definition) is 0. The van der Waals surface area contributed by atoms with Crippen LogP contribution in [-0.4, -0.2) is 42.1 Å². The summed E-state index contributed by atoms with van der Waals surface area (Å²) in [4.78, 5) is 15.6. The average molecular weight is 233 g/mol. The van der Waals surface area contributed by atoms with Gasteiger partial charge in [-0.15, -0.1) is 5.01 Å². The summed E-state index contributed by atoms with van der Waals surface area (Å²) in [7, 11) is 0. The van der Waals surface area contributed by atoms with Gasteiger partial charge in [0.2, 0.25) is 5.28 Å². The minimum atomic E-state index is -0.855. The zero-order valence-electron chi connectivity index (χ0n) is 9.29. The molecule has 0 unspecified atom stereocenters. The first-order valence-electron chi connectivity index (χ1n) is 4.98. The Hall–Kier alpha value is -1.73. The summed E-state index contributed by atoms with van der Waals surface area (Å²) in [6, 6.07) is 0. The molecule has 0 saturated carbocycles. The van der Waals surface area contributed by atoms with E-state index in [0.717, 1.165) is 6.42 Å². The molecule has 16 heavy (non-hydrogen) atoms. The van der Waals surface area contributed by atoms with Gasteiger partial charge in [-0.3, -0.25) is 0 Å². The van der Waals surface area contributed by atoms with Gasteiger partial charge in [-0.05, 0) is 20.3 Å². The molecule has 1 aliphatic rings. The third-order valence-corrected chi connectivity index (χ3v) is 1.76. The van der Waals surface area contributed by atoms with E-state index < -0.39 is 12.9 Å². The summed E-state index contributed by atoms with van der Waals surface area (Å²) in [6.45, 7) is 4.25. The fraction of sp³-hybridized carbons (Fsp3) is 0.875. The van der Waals surface area contributed by atoms with E-state index in [0.29, 0.717) is 18.1 Å². The molecule has 1 heterocycles. The second-order valence-corrected chi connectivity index (χ2v) is 3.45. The van der Waals surface area contributed by atoms with Crippen molar-refractivity contribution in [1.82, 2.24) is 5.01 Å². The van der Waals surface area contributed by atoms with Crippen molar-refractivity contribution < 1.29 is 24.1 Å². The van der Waals surface area contributed by atoms with E-state index in [2.05, 4.69) is 19.6 Å². The molecular formula is C8H15N3O5. The number of carbonyl (C=O) groups excluding carboxylic acids is 1. The van der Waals surface area contributed by atoms with Crippen LogP contribution in [0.1, 0.15) is 20.3 Å². The average Bonchev–Trinajstić information content (AvgIpc) is 2.08. The molecule has 1 aliphatic heterocycles. The van der Waals surface area contributed by atoms with Gasteiger partial charge in [0.1, 0.15) is 0 Å². The molecule has 1 fully saturated rings. The van der Waals surface area contributed by atoms with E-state index in [1.807, 2.05) is 0 Å². The van der Waals surface area contributed by atoms with Gasteiger partial charge < -0.3 is 19.5 Å². The standard InChI is InChI=1S/C8H15N3O5/c1-7(2)16-8(12)14-6-15-9-11(13)10-4-3-5-10/h7H,3-6H2,1-2H3. The van der Waals surface area contributed by atoms with Crippen LogP contribution in [0, 0.1) is 5.21 Å². The molecule has 0 spiro atoms. The minimum absolute atomic E-state index is 0.262. The number of nitrogens with zero attached hydrogens (tertiary/aromatic N) is 3. The van der Waals surface area contributed by atoms with E-state index in [4.69, 9.17) is 0 Å². The molecule has 1 saturated heterocycles. The maximum atomic E-state index is 11.0. The fourth-order valence-electron chi connectivity index (χ4n) is 0.896. The Balaban J connectivity index is 2.08. The van der Waals surface area contributed by atoms with Crippen molar-refractivity contribution in [1.29, 1.82) is 0 Å². The molecule has 0 atom stereocenters. The molecule has 8 heteroatoms. The number of hydrogen-bond acceptors (Lipinski definition) is 6. The maximum absolute atomic E-state index is 11.0. The molecule has 0 aliphatic carbocycles. The second-order valence-electron chi connectivity index (χ2n) is 3.45. The van der Waals surface area contributed by atoms with E-state index in [-0.39, 0.29) is 6.10 Å². The molecule has 0 aromatic rings. The number of hydrazine groups is 1. The zero-order valence-corrected chi connectivity index (χ0v) is 9.29. The minimum Gasteiger partial charge on any atom is -0.569 e. The normalized spacial score (nSPS) is 15.7. The van der Waals surface area contributed by atoms with Gasteiger partial charge in [0, 0.05) is 0 Å². The van der Waals surface area contributed by atoms with Crippen LogP contribution < -0.4 is 0 Å². The molecule has 92 valence electrons. The van der Waals surface area contributed by atoms with E-state index in [1.54, 1.807) is 13.8 Å². The molecule has 8 nitrogen and oxygen atoms in total. The Morgan fingerprint density at radius 3 is 2.75 bits per heavy atom. The van der Waals surface area contributed by atoms with Crippen molar-refractivity contribution in [3.05, 3.63) is 5.21 Å². The van der Waals surface area contributed by atoms with Gasteiger partial charge in [-0.25, -0.2) is 4.79 Å². The van der Waals surface area contributed by atoms with Crippen LogP contribution in [-0.2, 0) is 14.3 Å². The number of rotatable bonds is 5.